The average molecular weight is 478 g/mol. The predicted octanol–water partition coefficient (Wildman–Crippen LogP) is 2.88. The molecule has 9 heteroatoms. The van der Waals surface area contributed by atoms with Gasteiger partial charge in [0.15, 0.2) is 0 Å². The molecule has 152 valence electrons. The van der Waals surface area contributed by atoms with Crippen molar-refractivity contribution in [1.29, 1.82) is 0 Å². The van der Waals surface area contributed by atoms with Crippen LogP contribution in [0.5, 0.6) is 0 Å². The highest BCUT2D eigenvalue weighted by Gasteiger charge is 2.28. The Morgan fingerprint density at radius 3 is 2.69 bits per heavy atom. The van der Waals surface area contributed by atoms with E-state index in [1.807, 2.05) is 18.2 Å². The first-order valence-electron chi connectivity index (χ1n) is 9.17. The van der Waals surface area contributed by atoms with Gasteiger partial charge in [0.2, 0.25) is 10.0 Å². The van der Waals surface area contributed by atoms with Crippen molar-refractivity contribution in [1.82, 2.24) is 14.6 Å². The number of carbonyl (C=O) groups excluding carboxylic acids is 1. The van der Waals surface area contributed by atoms with E-state index >= 15 is 0 Å². The van der Waals surface area contributed by atoms with Crippen LogP contribution >= 0.6 is 15.9 Å². The summed E-state index contributed by atoms with van der Waals surface area (Å²) in [6.07, 6.45) is 0. The van der Waals surface area contributed by atoms with E-state index in [0.29, 0.717) is 37.6 Å². The van der Waals surface area contributed by atoms with Crippen LogP contribution in [0.2, 0.25) is 0 Å². The standard InChI is InChI=1S/C20H20BrN3O4S/c21-16-5-6-17-15(11-16)12-18(23-17)20(25)22-13-14-3-1-2-4-19(14)29(26,27)24-7-9-28-10-8-24/h1-6,11-12,23H,7-10,13H2,(H,22,25). The van der Waals surface area contributed by atoms with E-state index in [2.05, 4.69) is 26.2 Å². The molecule has 4 rings (SSSR count). The first-order valence-corrected chi connectivity index (χ1v) is 11.4. The molecule has 0 bridgehead atoms. The van der Waals surface area contributed by atoms with Crippen LogP contribution in [0.3, 0.4) is 0 Å². The first-order chi connectivity index (χ1) is 13.9. The fourth-order valence-electron chi connectivity index (χ4n) is 3.32. The molecule has 1 amide bonds. The lowest BCUT2D eigenvalue weighted by Crippen LogP contribution is -2.41. The Kier molecular flexibility index (Phi) is 5.73. The second-order valence-corrected chi connectivity index (χ2v) is 9.54. The van der Waals surface area contributed by atoms with Crippen LogP contribution in [0.1, 0.15) is 16.1 Å². The molecule has 0 unspecified atom stereocenters. The van der Waals surface area contributed by atoms with Gasteiger partial charge in [0, 0.05) is 35.0 Å². The van der Waals surface area contributed by atoms with Crippen molar-refractivity contribution in [2.24, 2.45) is 0 Å². The molecule has 29 heavy (non-hydrogen) atoms. The topological polar surface area (TPSA) is 91.5 Å². The number of halogens is 1. The van der Waals surface area contributed by atoms with Gasteiger partial charge < -0.3 is 15.0 Å². The summed E-state index contributed by atoms with van der Waals surface area (Å²) in [4.78, 5) is 15.9. The molecular formula is C20H20BrN3O4S. The van der Waals surface area contributed by atoms with Gasteiger partial charge in [-0.15, -0.1) is 0 Å². The number of hydrogen-bond acceptors (Lipinski definition) is 4. The van der Waals surface area contributed by atoms with Crippen LogP contribution in [0.15, 0.2) is 57.9 Å². The van der Waals surface area contributed by atoms with Gasteiger partial charge in [0.05, 0.1) is 18.1 Å². The van der Waals surface area contributed by atoms with Crippen molar-refractivity contribution in [2.45, 2.75) is 11.4 Å². The number of hydrogen-bond donors (Lipinski definition) is 2. The van der Waals surface area contributed by atoms with Gasteiger partial charge in [-0.25, -0.2) is 8.42 Å². The third-order valence-corrected chi connectivity index (χ3v) is 7.32. The molecule has 0 radical (unpaired) electrons. The molecule has 1 aliphatic heterocycles. The zero-order chi connectivity index (χ0) is 20.4. The Balaban J connectivity index is 1.53. The molecule has 2 aromatic carbocycles. The number of H-pyrrole nitrogens is 1. The third kappa shape index (κ3) is 4.23. The number of ether oxygens (including phenoxy) is 1. The lowest BCUT2D eigenvalue weighted by Gasteiger charge is -2.27. The van der Waals surface area contributed by atoms with Crippen LogP contribution in [0.4, 0.5) is 0 Å². The molecule has 0 saturated carbocycles. The van der Waals surface area contributed by atoms with E-state index in [4.69, 9.17) is 4.74 Å². The number of aromatic amines is 1. The van der Waals surface area contributed by atoms with E-state index < -0.39 is 10.0 Å². The predicted molar refractivity (Wildman–Crippen MR) is 113 cm³/mol. The van der Waals surface area contributed by atoms with Crippen molar-refractivity contribution in [2.75, 3.05) is 26.3 Å². The Morgan fingerprint density at radius 2 is 1.90 bits per heavy atom. The van der Waals surface area contributed by atoms with Crippen LogP contribution in [-0.2, 0) is 21.3 Å². The number of fused-ring (bicyclic) bond motifs is 1. The summed E-state index contributed by atoms with van der Waals surface area (Å²) in [5.41, 5.74) is 1.83. The summed E-state index contributed by atoms with van der Waals surface area (Å²) >= 11 is 3.42. The molecule has 1 aromatic heterocycles. The Morgan fingerprint density at radius 1 is 1.14 bits per heavy atom. The summed E-state index contributed by atoms with van der Waals surface area (Å²) in [5.74, 6) is -0.295. The second-order valence-electron chi connectivity index (χ2n) is 6.72. The summed E-state index contributed by atoms with van der Waals surface area (Å²) in [6, 6.07) is 14.2. The minimum absolute atomic E-state index is 0.109. The number of carbonyl (C=O) groups is 1. The van der Waals surface area contributed by atoms with Crippen LogP contribution < -0.4 is 5.32 Å². The smallest absolute Gasteiger partial charge is 0.267 e. The Hall–Kier alpha value is -2.20. The zero-order valence-corrected chi connectivity index (χ0v) is 17.9. The molecule has 0 spiro atoms. The second kappa shape index (κ2) is 8.27. The van der Waals surface area contributed by atoms with Gasteiger partial charge in [-0.05, 0) is 35.9 Å². The summed E-state index contributed by atoms with van der Waals surface area (Å²) in [6.45, 7) is 1.53. The number of sulfonamides is 1. The van der Waals surface area contributed by atoms with Gasteiger partial charge in [-0.2, -0.15) is 4.31 Å². The average Bonchev–Trinajstić information content (AvgIpc) is 3.16. The SMILES string of the molecule is O=C(NCc1ccccc1S(=O)(=O)N1CCOCC1)c1cc2cc(Br)ccc2[nH]1. The molecule has 1 saturated heterocycles. The number of rotatable bonds is 5. The van der Waals surface area contributed by atoms with Crippen molar-refractivity contribution in [3.05, 3.63) is 64.3 Å². The number of morpholine rings is 1. The number of benzene rings is 2. The van der Waals surface area contributed by atoms with Gasteiger partial charge in [0.1, 0.15) is 5.69 Å². The molecule has 2 N–H and O–H groups in total. The zero-order valence-electron chi connectivity index (χ0n) is 15.5. The van der Waals surface area contributed by atoms with E-state index in [1.54, 1.807) is 30.3 Å². The number of nitrogens with zero attached hydrogens (tertiary/aromatic N) is 1. The number of aromatic nitrogens is 1. The minimum atomic E-state index is -3.64. The first kappa shape index (κ1) is 20.1. The fraction of sp³-hybridized carbons (Fsp3) is 0.250. The molecule has 0 atom stereocenters. The van der Waals surface area contributed by atoms with Crippen LogP contribution in [-0.4, -0.2) is 49.9 Å². The molecule has 0 aliphatic carbocycles. The molecule has 2 heterocycles. The van der Waals surface area contributed by atoms with E-state index in [-0.39, 0.29) is 17.3 Å². The van der Waals surface area contributed by atoms with E-state index in [9.17, 15) is 13.2 Å². The summed E-state index contributed by atoms with van der Waals surface area (Å²) in [7, 11) is -3.64. The Labute approximate surface area is 177 Å². The molecule has 3 aromatic rings. The molecule has 7 nitrogen and oxygen atoms in total. The highest BCUT2D eigenvalue weighted by Crippen LogP contribution is 2.22. The van der Waals surface area contributed by atoms with Crippen LogP contribution in [0, 0.1) is 0 Å². The monoisotopic (exact) mass is 477 g/mol. The normalized spacial score (nSPS) is 15.5. The van der Waals surface area contributed by atoms with Crippen molar-refractivity contribution < 1.29 is 17.9 Å². The van der Waals surface area contributed by atoms with Gasteiger partial charge in [-0.3, -0.25) is 4.79 Å². The quantitative estimate of drug-likeness (QED) is 0.590. The van der Waals surface area contributed by atoms with Gasteiger partial charge >= 0.3 is 0 Å². The molecule has 1 aliphatic rings. The Bertz CT molecular complexity index is 1150. The maximum atomic E-state index is 13.0. The molecule has 1 fully saturated rings. The fourth-order valence-corrected chi connectivity index (χ4v) is 5.33. The summed E-state index contributed by atoms with van der Waals surface area (Å²) < 4.78 is 33.6. The lowest BCUT2D eigenvalue weighted by molar-refractivity contribution is 0.0730. The van der Waals surface area contributed by atoms with E-state index in [1.165, 1.54) is 4.31 Å². The number of amides is 1. The lowest BCUT2D eigenvalue weighted by atomic mass is 10.2. The highest BCUT2D eigenvalue weighted by molar-refractivity contribution is 9.10. The van der Waals surface area contributed by atoms with Gasteiger partial charge in [-0.1, -0.05) is 34.1 Å². The minimum Gasteiger partial charge on any atom is -0.379 e. The largest absolute Gasteiger partial charge is 0.379 e. The van der Waals surface area contributed by atoms with Crippen molar-refractivity contribution in [3.63, 3.8) is 0 Å². The number of nitrogens with one attached hydrogen (secondary N) is 2. The summed E-state index contributed by atoms with van der Waals surface area (Å²) in [5, 5.41) is 3.73. The van der Waals surface area contributed by atoms with Crippen molar-refractivity contribution >= 4 is 42.8 Å². The van der Waals surface area contributed by atoms with Crippen molar-refractivity contribution in [3.8, 4) is 0 Å². The van der Waals surface area contributed by atoms with E-state index in [0.717, 1.165) is 15.4 Å². The highest BCUT2D eigenvalue weighted by atomic mass is 79.9. The maximum absolute atomic E-state index is 13.0. The maximum Gasteiger partial charge on any atom is 0.267 e. The van der Waals surface area contributed by atoms with Gasteiger partial charge in [0.25, 0.3) is 5.91 Å². The molecular weight excluding hydrogens is 458 g/mol. The van der Waals surface area contributed by atoms with Crippen LogP contribution in [0.25, 0.3) is 10.9 Å². The third-order valence-electron chi connectivity index (χ3n) is 4.83.